The van der Waals surface area contributed by atoms with Gasteiger partial charge in [0.05, 0.1) is 0 Å². The number of nitrogens with zero attached hydrogens (tertiary/aromatic N) is 1. The Bertz CT molecular complexity index is 286. The van der Waals surface area contributed by atoms with Crippen LogP contribution in [0.3, 0.4) is 0 Å². The average Bonchev–Trinajstić information content (AvgIpc) is 2.69. The third kappa shape index (κ3) is 3.52. The van der Waals surface area contributed by atoms with Gasteiger partial charge >= 0.3 is 0 Å². The van der Waals surface area contributed by atoms with E-state index in [2.05, 4.69) is 24.1 Å². The van der Waals surface area contributed by atoms with E-state index in [4.69, 9.17) is 0 Å². The van der Waals surface area contributed by atoms with Crippen LogP contribution in [0.5, 0.6) is 0 Å². The van der Waals surface area contributed by atoms with Crippen LogP contribution < -0.4 is 5.32 Å². The van der Waals surface area contributed by atoms with Crippen molar-refractivity contribution in [1.82, 2.24) is 10.2 Å². The molecule has 0 radical (unpaired) electrons. The first-order chi connectivity index (χ1) is 9.12. The fourth-order valence-electron chi connectivity index (χ4n) is 4.55. The molecular weight excluding hydrogens is 232 g/mol. The second-order valence-electron chi connectivity index (χ2n) is 8.07. The molecule has 1 N–H and O–H groups in total. The summed E-state index contributed by atoms with van der Waals surface area (Å²) in [6, 6.07) is 1.65. The van der Waals surface area contributed by atoms with Crippen molar-refractivity contribution in [1.29, 1.82) is 0 Å². The summed E-state index contributed by atoms with van der Waals surface area (Å²) < 4.78 is 0. The minimum absolute atomic E-state index is 0.575. The molecule has 0 aromatic carbocycles. The van der Waals surface area contributed by atoms with Crippen LogP contribution in [0.2, 0.25) is 0 Å². The molecule has 2 heteroatoms. The Labute approximate surface area is 119 Å². The van der Waals surface area contributed by atoms with Gasteiger partial charge in [0, 0.05) is 18.6 Å². The van der Waals surface area contributed by atoms with Gasteiger partial charge in [-0.3, -0.25) is 0 Å². The van der Waals surface area contributed by atoms with Gasteiger partial charge in [-0.25, -0.2) is 0 Å². The van der Waals surface area contributed by atoms with Crippen LogP contribution in [-0.2, 0) is 0 Å². The number of hydrogen-bond donors (Lipinski definition) is 1. The minimum atomic E-state index is 0.575. The molecule has 2 saturated heterocycles. The highest BCUT2D eigenvalue weighted by Crippen LogP contribution is 2.34. The zero-order chi connectivity index (χ0) is 13.3. The standard InChI is InChI=1S/C17H32N2/c1-17(2)8-5-10-19(11-9-17)13-15-12-14-6-3-4-7-16(14)18-15/h14-16,18H,3-13H2,1-2H3. The molecule has 2 aliphatic heterocycles. The minimum Gasteiger partial charge on any atom is -0.310 e. The second-order valence-corrected chi connectivity index (χ2v) is 8.07. The molecule has 3 aliphatic rings. The van der Waals surface area contributed by atoms with E-state index in [0.717, 1.165) is 18.0 Å². The van der Waals surface area contributed by atoms with Crippen LogP contribution >= 0.6 is 0 Å². The fraction of sp³-hybridized carbons (Fsp3) is 1.00. The van der Waals surface area contributed by atoms with Crippen molar-refractivity contribution in [2.45, 2.75) is 77.3 Å². The summed E-state index contributed by atoms with van der Waals surface area (Å²) in [6.45, 7) is 8.85. The van der Waals surface area contributed by atoms with Crippen molar-refractivity contribution in [3.8, 4) is 0 Å². The number of rotatable bonds is 2. The molecule has 2 heterocycles. The first-order valence-corrected chi connectivity index (χ1v) is 8.61. The van der Waals surface area contributed by atoms with Gasteiger partial charge in [-0.15, -0.1) is 0 Å². The highest BCUT2D eigenvalue weighted by atomic mass is 15.2. The molecule has 0 amide bonds. The van der Waals surface area contributed by atoms with Crippen molar-refractivity contribution < 1.29 is 0 Å². The van der Waals surface area contributed by atoms with E-state index in [1.165, 1.54) is 71.0 Å². The lowest BCUT2D eigenvalue weighted by molar-refractivity contribution is 0.240. The molecule has 0 aromatic heterocycles. The lowest BCUT2D eigenvalue weighted by atomic mass is 9.85. The Hall–Kier alpha value is -0.0800. The second kappa shape index (κ2) is 5.73. The summed E-state index contributed by atoms with van der Waals surface area (Å²) in [7, 11) is 0. The van der Waals surface area contributed by atoms with Crippen molar-refractivity contribution in [3.05, 3.63) is 0 Å². The highest BCUT2D eigenvalue weighted by molar-refractivity contribution is 4.94. The van der Waals surface area contributed by atoms with E-state index < -0.39 is 0 Å². The quantitative estimate of drug-likeness (QED) is 0.822. The molecule has 1 aliphatic carbocycles. The first-order valence-electron chi connectivity index (χ1n) is 8.61. The van der Waals surface area contributed by atoms with Crippen LogP contribution in [0.25, 0.3) is 0 Å². The van der Waals surface area contributed by atoms with E-state index in [1.807, 2.05) is 0 Å². The van der Waals surface area contributed by atoms with E-state index in [9.17, 15) is 0 Å². The molecule has 0 spiro atoms. The van der Waals surface area contributed by atoms with E-state index in [-0.39, 0.29) is 0 Å². The zero-order valence-electron chi connectivity index (χ0n) is 13.0. The van der Waals surface area contributed by atoms with Gasteiger partial charge in [0.2, 0.25) is 0 Å². The number of likely N-dealkylation sites (tertiary alicyclic amines) is 1. The Kier molecular flexibility index (Phi) is 4.19. The molecule has 3 atom stereocenters. The van der Waals surface area contributed by atoms with E-state index in [0.29, 0.717) is 5.41 Å². The molecule has 3 fully saturated rings. The predicted molar refractivity (Wildman–Crippen MR) is 81.4 cm³/mol. The number of fused-ring (bicyclic) bond motifs is 1. The lowest BCUT2D eigenvalue weighted by Gasteiger charge is -2.26. The van der Waals surface area contributed by atoms with Gasteiger partial charge < -0.3 is 10.2 Å². The van der Waals surface area contributed by atoms with Crippen molar-refractivity contribution >= 4 is 0 Å². The third-order valence-electron chi connectivity index (χ3n) is 5.86. The summed E-state index contributed by atoms with van der Waals surface area (Å²) in [5.41, 5.74) is 0.575. The fourth-order valence-corrected chi connectivity index (χ4v) is 4.55. The van der Waals surface area contributed by atoms with Crippen molar-refractivity contribution in [2.24, 2.45) is 11.3 Å². The van der Waals surface area contributed by atoms with Crippen LogP contribution in [0.4, 0.5) is 0 Å². The van der Waals surface area contributed by atoms with E-state index in [1.54, 1.807) is 0 Å². The summed E-state index contributed by atoms with van der Waals surface area (Å²) in [5, 5.41) is 3.94. The van der Waals surface area contributed by atoms with Crippen LogP contribution in [-0.4, -0.2) is 36.6 Å². The molecule has 3 rings (SSSR count). The topological polar surface area (TPSA) is 15.3 Å². The normalized spacial score (nSPS) is 39.8. The molecule has 0 aromatic rings. The smallest absolute Gasteiger partial charge is 0.0200 e. The van der Waals surface area contributed by atoms with E-state index >= 15 is 0 Å². The van der Waals surface area contributed by atoms with Gasteiger partial charge in [-0.2, -0.15) is 0 Å². The average molecular weight is 264 g/mol. The Morgan fingerprint density at radius 3 is 2.74 bits per heavy atom. The van der Waals surface area contributed by atoms with Crippen molar-refractivity contribution in [2.75, 3.05) is 19.6 Å². The van der Waals surface area contributed by atoms with Gasteiger partial charge in [-0.1, -0.05) is 26.7 Å². The van der Waals surface area contributed by atoms with Gasteiger partial charge in [-0.05, 0) is 62.9 Å². The molecule has 110 valence electrons. The Morgan fingerprint density at radius 2 is 1.89 bits per heavy atom. The monoisotopic (exact) mass is 264 g/mol. The first kappa shape index (κ1) is 13.9. The van der Waals surface area contributed by atoms with Gasteiger partial charge in [0.15, 0.2) is 0 Å². The van der Waals surface area contributed by atoms with Gasteiger partial charge in [0.1, 0.15) is 0 Å². The zero-order valence-corrected chi connectivity index (χ0v) is 13.0. The molecular formula is C17H32N2. The van der Waals surface area contributed by atoms with Gasteiger partial charge in [0.25, 0.3) is 0 Å². The summed E-state index contributed by atoms with van der Waals surface area (Å²) in [5.74, 6) is 1.00. The number of hydrogen-bond acceptors (Lipinski definition) is 2. The SMILES string of the molecule is CC1(C)CCCN(CC2CC3CCCCC3N2)CC1. The molecule has 19 heavy (non-hydrogen) atoms. The van der Waals surface area contributed by atoms with Crippen LogP contribution in [0, 0.1) is 11.3 Å². The Morgan fingerprint density at radius 1 is 1.05 bits per heavy atom. The number of nitrogens with one attached hydrogen (secondary N) is 1. The maximum atomic E-state index is 3.94. The van der Waals surface area contributed by atoms with Crippen LogP contribution in [0.1, 0.15) is 65.2 Å². The summed E-state index contributed by atoms with van der Waals surface area (Å²) in [6.07, 6.45) is 11.5. The predicted octanol–water partition coefficient (Wildman–Crippen LogP) is 3.42. The third-order valence-corrected chi connectivity index (χ3v) is 5.86. The molecule has 0 bridgehead atoms. The molecule has 2 nitrogen and oxygen atoms in total. The highest BCUT2D eigenvalue weighted by Gasteiger charge is 2.35. The van der Waals surface area contributed by atoms with Crippen molar-refractivity contribution in [3.63, 3.8) is 0 Å². The summed E-state index contributed by atoms with van der Waals surface area (Å²) >= 11 is 0. The maximum Gasteiger partial charge on any atom is 0.0200 e. The lowest BCUT2D eigenvalue weighted by Crippen LogP contribution is -2.41. The summed E-state index contributed by atoms with van der Waals surface area (Å²) in [4.78, 5) is 2.74. The van der Waals surface area contributed by atoms with Crippen LogP contribution in [0.15, 0.2) is 0 Å². The molecule has 3 unspecified atom stereocenters. The molecule has 1 saturated carbocycles. The maximum absolute atomic E-state index is 3.94. The largest absolute Gasteiger partial charge is 0.310 e. The Balaban J connectivity index is 1.49.